The number of rotatable bonds is 5. The minimum atomic E-state index is -1.21. The van der Waals surface area contributed by atoms with E-state index in [4.69, 9.17) is 0 Å². The van der Waals surface area contributed by atoms with E-state index in [0.29, 0.717) is 5.69 Å². The van der Waals surface area contributed by atoms with Crippen LogP contribution in [0.4, 0.5) is 17.1 Å². The van der Waals surface area contributed by atoms with E-state index < -0.39 is 11.9 Å². The summed E-state index contributed by atoms with van der Waals surface area (Å²) < 4.78 is 2.15. The zero-order valence-corrected chi connectivity index (χ0v) is 22.5. The van der Waals surface area contributed by atoms with Gasteiger partial charge in [-0.15, -0.1) is 0 Å². The molecule has 0 bridgehead atoms. The van der Waals surface area contributed by atoms with Gasteiger partial charge >= 0.3 is 227 Å². The van der Waals surface area contributed by atoms with Crippen molar-refractivity contribution in [2.75, 3.05) is 16.5 Å². The summed E-state index contributed by atoms with van der Waals surface area (Å²) in [4.78, 5) is 27.4. The Bertz CT molecular complexity index is 1600. The first kappa shape index (κ1) is 24.2. The maximum absolute atomic E-state index is 13.1. The van der Waals surface area contributed by atoms with Crippen molar-refractivity contribution < 1.29 is 14.7 Å². The molecular weight excluding hydrogens is 541 g/mol. The second-order valence-electron chi connectivity index (χ2n) is 9.40. The van der Waals surface area contributed by atoms with Crippen LogP contribution in [0.25, 0.3) is 16.1 Å². The number of aryl methyl sites for hydroxylation is 2. The molecule has 0 unspecified atom stereocenters. The summed E-state index contributed by atoms with van der Waals surface area (Å²) in [5.74, 6) is -1.64. The molecule has 3 heterocycles. The quantitative estimate of drug-likeness (QED) is 0.250. The number of amides is 1. The molecule has 6 rings (SSSR count). The first-order valence-corrected chi connectivity index (χ1v) is 14.2. The fourth-order valence-electron chi connectivity index (χ4n) is 4.92. The average molecular weight is 567 g/mol. The summed E-state index contributed by atoms with van der Waals surface area (Å²) in [5.41, 5.74) is 6.66. The predicted molar refractivity (Wildman–Crippen MR) is 152 cm³/mol. The molecule has 0 spiro atoms. The van der Waals surface area contributed by atoms with Crippen molar-refractivity contribution in [2.24, 2.45) is 5.10 Å². The van der Waals surface area contributed by atoms with Gasteiger partial charge in [-0.3, -0.25) is 0 Å². The van der Waals surface area contributed by atoms with Crippen LogP contribution >= 0.6 is 0 Å². The molecule has 0 fully saturated rings. The minimum absolute atomic E-state index is 0.0589. The molecule has 1 amide bonds. The van der Waals surface area contributed by atoms with Crippen molar-refractivity contribution in [1.29, 1.82) is 0 Å². The van der Waals surface area contributed by atoms with Crippen molar-refractivity contribution in [2.45, 2.75) is 19.8 Å². The molecule has 7 heteroatoms. The van der Waals surface area contributed by atoms with E-state index in [0.717, 1.165) is 28.8 Å². The second kappa shape index (κ2) is 9.93. The SMILES string of the molecule is Cc1ccc(N2CCCc3cc(-c4ccc(/C=C5\C(=O)N(c6ccccc6)N=C5C(=O)O)[se]4)ccc32)cc1. The Morgan fingerprint density at radius 1 is 0.974 bits per heavy atom. The number of hydrazone groups is 1. The summed E-state index contributed by atoms with van der Waals surface area (Å²) >= 11 is -0.0589. The van der Waals surface area contributed by atoms with Gasteiger partial charge in [0.15, 0.2) is 0 Å². The van der Waals surface area contributed by atoms with Gasteiger partial charge in [-0.25, -0.2) is 0 Å². The van der Waals surface area contributed by atoms with Crippen LogP contribution in [0.15, 0.2) is 95.6 Å². The van der Waals surface area contributed by atoms with Crippen molar-refractivity contribution in [3.05, 3.63) is 106 Å². The van der Waals surface area contributed by atoms with E-state index in [1.807, 2.05) is 12.1 Å². The van der Waals surface area contributed by atoms with E-state index in [1.165, 1.54) is 32.5 Å². The molecule has 2 aliphatic rings. The Labute approximate surface area is 226 Å². The number of carboxylic acid groups (broad SMARTS) is 1. The standard InChI is InChI=1S/C31H25N3O3Se/c1-20-9-12-23(13-10-20)33-17-5-6-21-18-22(11-15-27(21)33)28-16-14-25(38-28)19-26-29(31(36)37)32-34(30(26)35)24-7-3-2-4-8-24/h2-4,7-16,18-19H,5-6,17H2,1H3,(H,36,37)/b26-19-. The predicted octanol–water partition coefficient (Wildman–Crippen LogP) is 5.67. The fourth-order valence-corrected chi connectivity index (χ4v) is 6.91. The Hall–Kier alpha value is -4.19. The van der Waals surface area contributed by atoms with Gasteiger partial charge in [0.25, 0.3) is 0 Å². The Morgan fingerprint density at radius 3 is 2.53 bits per heavy atom. The van der Waals surface area contributed by atoms with Crippen LogP contribution in [0, 0.1) is 6.92 Å². The number of carbonyl (C=O) groups is 2. The van der Waals surface area contributed by atoms with Gasteiger partial charge in [-0.05, 0) is 0 Å². The van der Waals surface area contributed by atoms with E-state index in [2.05, 4.69) is 65.5 Å². The van der Waals surface area contributed by atoms with Crippen LogP contribution in [0.5, 0.6) is 0 Å². The molecule has 3 aromatic carbocycles. The first-order chi connectivity index (χ1) is 18.5. The second-order valence-corrected chi connectivity index (χ2v) is 11.7. The molecule has 188 valence electrons. The number of hydrogen-bond acceptors (Lipinski definition) is 4. The summed E-state index contributed by atoms with van der Waals surface area (Å²) in [6.07, 6.45) is 3.83. The van der Waals surface area contributed by atoms with Crippen molar-refractivity contribution in [1.82, 2.24) is 0 Å². The van der Waals surface area contributed by atoms with Crippen molar-refractivity contribution in [3.8, 4) is 10.0 Å². The zero-order chi connectivity index (χ0) is 26.2. The maximum atomic E-state index is 13.1. The first-order valence-electron chi connectivity index (χ1n) is 12.5. The van der Waals surface area contributed by atoms with E-state index in [9.17, 15) is 14.7 Å². The number of fused-ring (bicyclic) bond motifs is 1. The van der Waals surface area contributed by atoms with Gasteiger partial charge in [-0.2, -0.15) is 0 Å². The number of carboxylic acids is 1. The molecule has 0 aliphatic carbocycles. The van der Waals surface area contributed by atoms with Gasteiger partial charge < -0.3 is 0 Å². The molecule has 4 aromatic rings. The van der Waals surface area contributed by atoms with Crippen LogP contribution in [0.3, 0.4) is 0 Å². The number of hydrogen-bond donors (Lipinski definition) is 1. The van der Waals surface area contributed by atoms with Gasteiger partial charge in [0, 0.05) is 0 Å². The third kappa shape index (κ3) is 4.51. The molecule has 1 aromatic heterocycles. The van der Waals surface area contributed by atoms with Crippen LogP contribution in [-0.2, 0) is 16.0 Å². The fraction of sp³-hybridized carbons (Fsp3) is 0.129. The van der Waals surface area contributed by atoms with Crippen LogP contribution in [-0.4, -0.2) is 43.7 Å². The molecule has 38 heavy (non-hydrogen) atoms. The summed E-state index contributed by atoms with van der Waals surface area (Å²) in [6, 6.07) is 28.3. The Kier molecular flexibility index (Phi) is 6.32. The van der Waals surface area contributed by atoms with E-state index in [1.54, 1.807) is 30.3 Å². The van der Waals surface area contributed by atoms with Crippen LogP contribution < -0.4 is 9.91 Å². The number of anilines is 3. The average Bonchev–Trinajstić information content (AvgIpc) is 3.54. The Balaban J connectivity index is 1.29. The van der Waals surface area contributed by atoms with Gasteiger partial charge in [0.1, 0.15) is 0 Å². The normalized spacial score (nSPS) is 16.1. The number of carbonyl (C=O) groups excluding carboxylic acids is 1. The van der Waals surface area contributed by atoms with Gasteiger partial charge in [0.2, 0.25) is 0 Å². The topological polar surface area (TPSA) is 73.2 Å². The number of benzene rings is 3. The third-order valence-corrected chi connectivity index (χ3v) is 9.09. The molecule has 0 radical (unpaired) electrons. The van der Waals surface area contributed by atoms with E-state index in [-0.39, 0.29) is 25.8 Å². The molecule has 0 saturated heterocycles. The molecular formula is C31H25N3O3Se. The zero-order valence-electron chi connectivity index (χ0n) is 20.8. The molecule has 1 N–H and O–H groups in total. The molecule has 6 nitrogen and oxygen atoms in total. The van der Waals surface area contributed by atoms with Crippen LogP contribution in [0.2, 0.25) is 0 Å². The summed E-state index contributed by atoms with van der Waals surface area (Å²) in [6.45, 7) is 3.11. The third-order valence-electron chi connectivity index (χ3n) is 6.82. The van der Waals surface area contributed by atoms with Gasteiger partial charge in [0.05, 0.1) is 0 Å². The number of nitrogens with zero attached hydrogens (tertiary/aromatic N) is 3. The van der Waals surface area contributed by atoms with Gasteiger partial charge in [-0.1, -0.05) is 0 Å². The van der Waals surface area contributed by atoms with Crippen molar-refractivity contribution >= 4 is 55.2 Å². The van der Waals surface area contributed by atoms with Crippen LogP contribution in [0.1, 0.15) is 22.0 Å². The Morgan fingerprint density at radius 2 is 1.76 bits per heavy atom. The molecule has 0 saturated carbocycles. The summed E-state index contributed by atoms with van der Waals surface area (Å²) in [7, 11) is 0. The molecule has 2 aliphatic heterocycles. The monoisotopic (exact) mass is 567 g/mol. The number of para-hydroxylation sites is 1. The van der Waals surface area contributed by atoms with E-state index >= 15 is 0 Å². The number of aliphatic carboxylic acids is 1. The molecule has 0 atom stereocenters. The summed E-state index contributed by atoms with van der Waals surface area (Å²) in [5, 5.41) is 15.0. The van der Waals surface area contributed by atoms with Crippen molar-refractivity contribution in [3.63, 3.8) is 0 Å².